The number of hydrogen-bond donors (Lipinski definition) is 1. The van der Waals surface area contributed by atoms with Gasteiger partial charge in [0.05, 0.1) is 0 Å². The van der Waals surface area contributed by atoms with Gasteiger partial charge in [-0.05, 0) is 6.42 Å². The lowest BCUT2D eigenvalue weighted by Gasteiger charge is -2.07. The minimum absolute atomic E-state index is 0.148. The second kappa shape index (κ2) is 8.51. The van der Waals surface area contributed by atoms with Gasteiger partial charge in [-0.2, -0.15) is 0 Å². The highest BCUT2D eigenvalue weighted by atomic mass is 16.4. The molecule has 0 spiro atoms. The SMILES string of the molecule is CCCCCCCCCn1ccc(=O)c(C(=O)O)c1. The standard InChI is InChI=1S/C15H23NO3/c1-2-3-4-5-6-7-8-10-16-11-9-14(17)13(12-16)15(18)19/h9,11-12H,2-8,10H2,1H3,(H,18,19). The van der Waals surface area contributed by atoms with Crippen LogP contribution in [0.25, 0.3) is 0 Å². The van der Waals surface area contributed by atoms with Crippen molar-refractivity contribution in [2.24, 2.45) is 0 Å². The molecule has 106 valence electrons. The molecule has 1 heterocycles. The van der Waals surface area contributed by atoms with Gasteiger partial charge in [0.25, 0.3) is 0 Å². The van der Waals surface area contributed by atoms with Crippen LogP contribution in [-0.4, -0.2) is 15.6 Å². The highest BCUT2D eigenvalue weighted by molar-refractivity contribution is 5.86. The van der Waals surface area contributed by atoms with E-state index in [1.165, 1.54) is 44.4 Å². The predicted molar refractivity (Wildman–Crippen MR) is 75.7 cm³/mol. The number of hydrogen-bond acceptors (Lipinski definition) is 2. The summed E-state index contributed by atoms with van der Waals surface area (Å²) in [5.74, 6) is -1.15. The molecular weight excluding hydrogens is 242 g/mol. The fourth-order valence-corrected chi connectivity index (χ4v) is 2.08. The molecule has 0 amide bonds. The molecule has 0 aliphatic carbocycles. The van der Waals surface area contributed by atoms with Crippen LogP contribution in [0, 0.1) is 0 Å². The number of carboxylic acid groups (broad SMARTS) is 1. The Morgan fingerprint density at radius 3 is 2.42 bits per heavy atom. The first kappa shape index (κ1) is 15.5. The fraction of sp³-hybridized carbons (Fsp3) is 0.600. The fourth-order valence-electron chi connectivity index (χ4n) is 2.08. The van der Waals surface area contributed by atoms with Gasteiger partial charge in [0.2, 0.25) is 0 Å². The van der Waals surface area contributed by atoms with E-state index < -0.39 is 11.4 Å². The van der Waals surface area contributed by atoms with Gasteiger partial charge in [-0.15, -0.1) is 0 Å². The maximum absolute atomic E-state index is 11.3. The molecule has 4 heteroatoms. The number of carboxylic acids is 1. The topological polar surface area (TPSA) is 59.3 Å². The second-order valence-electron chi connectivity index (χ2n) is 4.89. The summed E-state index contributed by atoms with van der Waals surface area (Å²) in [5, 5.41) is 8.87. The van der Waals surface area contributed by atoms with Crippen molar-refractivity contribution in [2.45, 2.75) is 58.4 Å². The number of nitrogens with zero attached hydrogens (tertiary/aromatic N) is 1. The van der Waals surface area contributed by atoms with Crippen LogP contribution in [0.4, 0.5) is 0 Å². The average molecular weight is 265 g/mol. The molecule has 0 aliphatic heterocycles. The largest absolute Gasteiger partial charge is 0.477 e. The zero-order chi connectivity index (χ0) is 14.1. The molecule has 0 unspecified atom stereocenters. The van der Waals surface area contributed by atoms with Crippen LogP contribution in [-0.2, 0) is 6.54 Å². The number of aromatic nitrogens is 1. The minimum atomic E-state index is -1.15. The molecule has 0 bridgehead atoms. The van der Waals surface area contributed by atoms with Crippen molar-refractivity contribution < 1.29 is 9.90 Å². The second-order valence-corrected chi connectivity index (χ2v) is 4.89. The summed E-state index contributed by atoms with van der Waals surface area (Å²) in [6.45, 7) is 2.98. The minimum Gasteiger partial charge on any atom is -0.477 e. The molecule has 1 N–H and O–H groups in total. The molecule has 0 saturated heterocycles. The highest BCUT2D eigenvalue weighted by Gasteiger charge is 2.07. The third kappa shape index (κ3) is 5.73. The summed E-state index contributed by atoms with van der Waals surface area (Å²) >= 11 is 0. The molecule has 19 heavy (non-hydrogen) atoms. The van der Waals surface area contributed by atoms with Gasteiger partial charge in [0.1, 0.15) is 5.56 Å². The maximum atomic E-state index is 11.3. The molecule has 0 aliphatic rings. The molecule has 0 radical (unpaired) electrons. The van der Waals surface area contributed by atoms with Crippen molar-refractivity contribution in [1.29, 1.82) is 0 Å². The Bertz CT molecular complexity index is 451. The van der Waals surface area contributed by atoms with Crippen molar-refractivity contribution >= 4 is 5.97 Å². The number of aryl methyl sites for hydroxylation is 1. The van der Waals surface area contributed by atoms with Gasteiger partial charge in [0, 0.05) is 25.0 Å². The van der Waals surface area contributed by atoms with E-state index in [1.54, 1.807) is 10.8 Å². The number of carbonyl (C=O) groups is 1. The zero-order valence-corrected chi connectivity index (χ0v) is 11.6. The van der Waals surface area contributed by atoms with Crippen LogP contribution in [0.3, 0.4) is 0 Å². The van der Waals surface area contributed by atoms with Crippen molar-refractivity contribution in [3.8, 4) is 0 Å². The molecule has 4 nitrogen and oxygen atoms in total. The normalized spacial score (nSPS) is 10.6. The van der Waals surface area contributed by atoms with E-state index in [9.17, 15) is 9.59 Å². The van der Waals surface area contributed by atoms with Gasteiger partial charge in [-0.1, -0.05) is 45.4 Å². The van der Waals surface area contributed by atoms with Gasteiger partial charge >= 0.3 is 5.97 Å². The van der Waals surface area contributed by atoms with Crippen molar-refractivity contribution in [3.05, 3.63) is 34.2 Å². The van der Waals surface area contributed by atoms with Crippen LogP contribution in [0.15, 0.2) is 23.3 Å². The maximum Gasteiger partial charge on any atom is 0.341 e. The Labute approximate surface area is 114 Å². The zero-order valence-electron chi connectivity index (χ0n) is 11.6. The lowest BCUT2D eigenvalue weighted by Crippen LogP contribution is -2.16. The summed E-state index contributed by atoms with van der Waals surface area (Å²) in [7, 11) is 0. The molecule has 1 aromatic rings. The van der Waals surface area contributed by atoms with Crippen LogP contribution in [0.5, 0.6) is 0 Å². The van der Waals surface area contributed by atoms with Gasteiger partial charge < -0.3 is 9.67 Å². The van der Waals surface area contributed by atoms with E-state index >= 15 is 0 Å². The number of aromatic carboxylic acids is 1. The molecule has 0 aromatic carbocycles. The Morgan fingerprint density at radius 1 is 1.16 bits per heavy atom. The van der Waals surface area contributed by atoms with Gasteiger partial charge in [0.15, 0.2) is 5.43 Å². The van der Waals surface area contributed by atoms with E-state index in [-0.39, 0.29) is 5.56 Å². The Balaban J connectivity index is 2.32. The molecule has 0 fully saturated rings. The predicted octanol–water partition coefficient (Wildman–Crippen LogP) is 3.30. The lowest BCUT2D eigenvalue weighted by molar-refractivity contribution is 0.0694. The van der Waals surface area contributed by atoms with E-state index in [0.29, 0.717) is 0 Å². The van der Waals surface area contributed by atoms with Gasteiger partial charge in [-0.3, -0.25) is 4.79 Å². The summed E-state index contributed by atoms with van der Waals surface area (Å²) in [6, 6.07) is 1.32. The summed E-state index contributed by atoms with van der Waals surface area (Å²) in [5.41, 5.74) is -0.575. The quantitative estimate of drug-likeness (QED) is 0.697. The first-order valence-corrected chi connectivity index (χ1v) is 7.08. The smallest absolute Gasteiger partial charge is 0.341 e. The number of pyridine rings is 1. The molecule has 0 saturated carbocycles. The van der Waals surface area contributed by atoms with Crippen LogP contribution < -0.4 is 5.43 Å². The van der Waals surface area contributed by atoms with Crippen LogP contribution in [0.1, 0.15) is 62.2 Å². The van der Waals surface area contributed by atoms with Crippen molar-refractivity contribution in [1.82, 2.24) is 4.57 Å². The number of unbranched alkanes of at least 4 members (excludes halogenated alkanes) is 6. The third-order valence-corrected chi connectivity index (χ3v) is 3.23. The molecule has 0 atom stereocenters. The summed E-state index contributed by atoms with van der Waals surface area (Å²) < 4.78 is 1.79. The molecule has 1 aromatic heterocycles. The average Bonchev–Trinajstić information content (AvgIpc) is 2.39. The van der Waals surface area contributed by atoms with E-state index in [2.05, 4.69) is 6.92 Å². The van der Waals surface area contributed by atoms with Crippen molar-refractivity contribution in [2.75, 3.05) is 0 Å². The summed E-state index contributed by atoms with van der Waals surface area (Å²) in [6.07, 6.45) is 11.6. The third-order valence-electron chi connectivity index (χ3n) is 3.23. The van der Waals surface area contributed by atoms with Crippen LogP contribution >= 0.6 is 0 Å². The molecular formula is C15H23NO3. The Kier molecular flexibility index (Phi) is 6.93. The van der Waals surface area contributed by atoms with Crippen LogP contribution in [0.2, 0.25) is 0 Å². The Hall–Kier alpha value is -1.58. The summed E-state index contributed by atoms with van der Waals surface area (Å²) in [4.78, 5) is 22.1. The lowest BCUT2D eigenvalue weighted by atomic mass is 10.1. The first-order valence-electron chi connectivity index (χ1n) is 7.08. The highest BCUT2D eigenvalue weighted by Crippen LogP contribution is 2.07. The van der Waals surface area contributed by atoms with E-state index in [1.807, 2.05) is 0 Å². The monoisotopic (exact) mass is 265 g/mol. The molecule has 1 rings (SSSR count). The van der Waals surface area contributed by atoms with Gasteiger partial charge in [-0.25, -0.2) is 4.79 Å². The Morgan fingerprint density at radius 2 is 1.79 bits per heavy atom. The van der Waals surface area contributed by atoms with E-state index in [0.717, 1.165) is 19.4 Å². The van der Waals surface area contributed by atoms with Crippen molar-refractivity contribution in [3.63, 3.8) is 0 Å². The first-order chi connectivity index (χ1) is 9.15. The number of rotatable bonds is 9. The van der Waals surface area contributed by atoms with E-state index in [4.69, 9.17) is 5.11 Å².